The van der Waals surface area contributed by atoms with Gasteiger partial charge >= 0.3 is 0 Å². The second-order valence-corrected chi connectivity index (χ2v) is 8.45. The second kappa shape index (κ2) is 6.78. The van der Waals surface area contributed by atoms with Crippen LogP contribution in [0.25, 0.3) is 11.0 Å². The zero-order valence-electron chi connectivity index (χ0n) is 16.1. The third kappa shape index (κ3) is 3.02. The van der Waals surface area contributed by atoms with Crippen molar-refractivity contribution in [2.75, 3.05) is 6.54 Å². The normalized spacial score (nSPS) is 25.1. The minimum Gasteiger partial charge on any atom is -0.460 e. The molecule has 2 aromatic carbocycles. The number of para-hydroxylation sites is 1. The van der Waals surface area contributed by atoms with Crippen LogP contribution < -0.4 is 5.73 Å². The molecule has 1 aliphatic carbocycles. The molecule has 5 rings (SSSR count). The van der Waals surface area contributed by atoms with Gasteiger partial charge in [0.05, 0.1) is 6.54 Å². The maximum absolute atomic E-state index is 11.6. The summed E-state index contributed by atoms with van der Waals surface area (Å²) < 4.78 is 6.07. The molecule has 2 atom stereocenters. The summed E-state index contributed by atoms with van der Waals surface area (Å²) in [4.78, 5) is 14.2. The number of hydrogen-bond acceptors (Lipinski definition) is 3. The van der Waals surface area contributed by atoms with Crippen molar-refractivity contribution in [3.63, 3.8) is 0 Å². The number of benzene rings is 2. The molecule has 4 nitrogen and oxygen atoms in total. The summed E-state index contributed by atoms with van der Waals surface area (Å²) in [7, 11) is 0. The highest BCUT2D eigenvalue weighted by molar-refractivity contribution is 5.93. The second-order valence-electron chi connectivity index (χ2n) is 8.45. The fraction of sp³-hybridized carbons (Fsp3) is 0.375. The molecule has 1 aromatic heterocycles. The van der Waals surface area contributed by atoms with Crippen LogP contribution in [0.5, 0.6) is 0 Å². The van der Waals surface area contributed by atoms with Crippen LogP contribution in [0.15, 0.2) is 59.0 Å². The molecule has 28 heavy (non-hydrogen) atoms. The number of nitrogens with two attached hydrogens (primary N) is 1. The zero-order valence-corrected chi connectivity index (χ0v) is 16.1. The largest absolute Gasteiger partial charge is 0.460 e. The lowest BCUT2D eigenvalue weighted by Crippen LogP contribution is -2.51. The number of furan rings is 1. The quantitative estimate of drug-likeness (QED) is 0.725. The molecule has 1 aliphatic heterocycles. The van der Waals surface area contributed by atoms with Crippen molar-refractivity contribution in [2.45, 2.75) is 50.1 Å². The average Bonchev–Trinajstić information content (AvgIpc) is 3.13. The number of rotatable bonds is 4. The van der Waals surface area contributed by atoms with Gasteiger partial charge in [0.25, 0.3) is 0 Å². The number of nitrogens with zero attached hydrogens (tertiary/aromatic N) is 1. The van der Waals surface area contributed by atoms with E-state index in [2.05, 4.69) is 29.2 Å². The summed E-state index contributed by atoms with van der Waals surface area (Å²) in [6.07, 6.45) is 5.92. The first kappa shape index (κ1) is 17.5. The van der Waals surface area contributed by atoms with Gasteiger partial charge in [0, 0.05) is 17.0 Å². The Labute approximate surface area is 165 Å². The van der Waals surface area contributed by atoms with Gasteiger partial charge in [0.15, 0.2) is 0 Å². The predicted octanol–water partition coefficient (Wildman–Crippen LogP) is 4.62. The van der Waals surface area contributed by atoms with Crippen molar-refractivity contribution >= 4 is 16.9 Å². The Kier molecular flexibility index (Phi) is 4.24. The molecule has 1 saturated heterocycles. The van der Waals surface area contributed by atoms with Crippen molar-refractivity contribution in [2.24, 2.45) is 5.73 Å². The molecule has 3 aromatic rings. The van der Waals surface area contributed by atoms with E-state index in [0.717, 1.165) is 37.3 Å². The van der Waals surface area contributed by atoms with Gasteiger partial charge < -0.3 is 10.2 Å². The van der Waals surface area contributed by atoms with Crippen LogP contribution in [-0.4, -0.2) is 23.4 Å². The molecular formula is C24H26N2O2. The number of carbonyl (C=O) groups is 1. The third-order valence-corrected chi connectivity index (χ3v) is 6.81. The Bertz CT molecular complexity index is 991. The fourth-order valence-corrected chi connectivity index (χ4v) is 5.34. The van der Waals surface area contributed by atoms with Gasteiger partial charge in [-0.3, -0.25) is 9.69 Å². The van der Waals surface area contributed by atoms with Crippen LogP contribution in [0.3, 0.4) is 0 Å². The maximum Gasteiger partial charge on any atom is 0.248 e. The molecule has 0 radical (unpaired) electrons. The number of hydrogen-bond donors (Lipinski definition) is 1. The number of amides is 1. The minimum absolute atomic E-state index is 0.179. The first-order valence-electron chi connectivity index (χ1n) is 10.2. The van der Waals surface area contributed by atoms with E-state index in [4.69, 9.17) is 10.2 Å². The van der Waals surface area contributed by atoms with Gasteiger partial charge in [-0.15, -0.1) is 0 Å². The van der Waals surface area contributed by atoms with E-state index in [1.54, 1.807) is 0 Å². The number of carbonyl (C=O) groups excluding carboxylic acids is 1. The van der Waals surface area contributed by atoms with E-state index in [1.807, 2.05) is 30.3 Å². The molecule has 1 saturated carbocycles. The topological polar surface area (TPSA) is 59.5 Å². The summed E-state index contributed by atoms with van der Waals surface area (Å²) in [5.74, 6) is 0.711. The Morgan fingerprint density at radius 3 is 2.89 bits per heavy atom. The highest BCUT2D eigenvalue weighted by Gasteiger charge is 2.43. The van der Waals surface area contributed by atoms with Crippen LogP contribution in [0.4, 0.5) is 0 Å². The first-order chi connectivity index (χ1) is 13.6. The lowest BCUT2D eigenvalue weighted by molar-refractivity contribution is 0.0416. The molecule has 2 heterocycles. The maximum atomic E-state index is 11.6. The van der Waals surface area contributed by atoms with Gasteiger partial charge in [-0.1, -0.05) is 36.8 Å². The lowest BCUT2D eigenvalue weighted by atomic mass is 9.63. The molecule has 2 N–H and O–H groups in total. The SMILES string of the molecule is NC(=O)c1cccc(C23CCCC(C2)N(Cc2cc4ccccc4o2)CC3)c1. The minimum atomic E-state index is -0.340. The van der Waals surface area contributed by atoms with E-state index in [0.29, 0.717) is 11.6 Å². The van der Waals surface area contributed by atoms with E-state index >= 15 is 0 Å². The van der Waals surface area contributed by atoms with Crippen LogP contribution >= 0.6 is 0 Å². The third-order valence-electron chi connectivity index (χ3n) is 6.81. The summed E-state index contributed by atoms with van der Waals surface area (Å²) >= 11 is 0. The van der Waals surface area contributed by atoms with Crippen molar-refractivity contribution in [1.29, 1.82) is 0 Å². The number of likely N-dealkylation sites (tertiary alicyclic amines) is 1. The Hall–Kier alpha value is -2.59. The highest BCUT2D eigenvalue weighted by atomic mass is 16.3. The molecule has 2 bridgehead atoms. The number of fused-ring (bicyclic) bond motifs is 3. The van der Waals surface area contributed by atoms with Crippen LogP contribution in [0, 0.1) is 0 Å². The molecule has 0 spiro atoms. The van der Waals surface area contributed by atoms with Crippen LogP contribution in [-0.2, 0) is 12.0 Å². The van der Waals surface area contributed by atoms with E-state index < -0.39 is 0 Å². The Balaban J connectivity index is 1.37. The summed E-state index contributed by atoms with van der Waals surface area (Å²) in [6.45, 7) is 1.93. The Morgan fingerprint density at radius 2 is 2.04 bits per heavy atom. The highest BCUT2D eigenvalue weighted by Crippen LogP contribution is 2.47. The average molecular weight is 374 g/mol. The molecule has 2 unspecified atom stereocenters. The van der Waals surface area contributed by atoms with E-state index in [-0.39, 0.29) is 11.3 Å². The summed E-state index contributed by atoms with van der Waals surface area (Å²) in [6, 6.07) is 19.0. The van der Waals surface area contributed by atoms with Crippen molar-refractivity contribution in [1.82, 2.24) is 4.90 Å². The summed E-state index contributed by atoms with van der Waals surface area (Å²) in [5, 5.41) is 1.18. The zero-order chi connectivity index (χ0) is 19.1. The Morgan fingerprint density at radius 1 is 1.14 bits per heavy atom. The molecule has 1 amide bonds. The number of primary amides is 1. The van der Waals surface area contributed by atoms with Crippen molar-refractivity contribution in [3.8, 4) is 0 Å². The van der Waals surface area contributed by atoms with Crippen LogP contribution in [0.1, 0.15) is 53.8 Å². The van der Waals surface area contributed by atoms with Crippen LogP contribution in [0.2, 0.25) is 0 Å². The molecule has 144 valence electrons. The molecule has 2 fully saturated rings. The molecular weight excluding hydrogens is 348 g/mol. The van der Waals surface area contributed by atoms with Gasteiger partial charge in [0.2, 0.25) is 5.91 Å². The van der Waals surface area contributed by atoms with E-state index in [1.165, 1.54) is 30.2 Å². The molecule has 4 heteroatoms. The van der Waals surface area contributed by atoms with Crippen molar-refractivity contribution in [3.05, 3.63) is 71.5 Å². The van der Waals surface area contributed by atoms with E-state index in [9.17, 15) is 4.79 Å². The first-order valence-corrected chi connectivity index (χ1v) is 10.2. The van der Waals surface area contributed by atoms with Gasteiger partial charge in [-0.2, -0.15) is 0 Å². The van der Waals surface area contributed by atoms with Gasteiger partial charge in [-0.05, 0) is 67.5 Å². The smallest absolute Gasteiger partial charge is 0.248 e. The summed E-state index contributed by atoms with van der Waals surface area (Å²) in [5.41, 5.74) is 8.58. The fourth-order valence-electron chi connectivity index (χ4n) is 5.34. The standard InChI is InChI=1S/C24H26N2O2/c25-23(27)18-6-3-7-19(13-18)24-10-4-8-20(15-24)26(12-11-24)16-21-14-17-5-1-2-9-22(17)28-21/h1-3,5-7,9,13-14,20H,4,8,10-12,15-16H2,(H2,25,27). The van der Waals surface area contributed by atoms with Crippen molar-refractivity contribution < 1.29 is 9.21 Å². The van der Waals surface area contributed by atoms with Gasteiger partial charge in [-0.25, -0.2) is 0 Å². The predicted molar refractivity (Wildman–Crippen MR) is 110 cm³/mol. The lowest BCUT2D eigenvalue weighted by Gasteiger charge is -2.50. The van der Waals surface area contributed by atoms with Gasteiger partial charge in [0.1, 0.15) is 11.3 Å². The molecule has 2 aliphatic rings. The monoisotopic (exact) mass is 374 g/mol. The number of piperidine rings is 1.